The molecular weight excluding hydrogens is 224 g/mol. The minimum absolute atomic E-state index is 0.250. The molecule has 17 heavy (non-hydrogen) atoms. The Kier molecular flexibility index (Phi) is 2.79. The fourth-order valence-electron chi connectivity index (χ4n) is 2.24. The summed E-state index contributed by atoms with van der Waals surface area (Å²) in [6.45, 7) is 1.93. The van der Waals surface area contributed by atoms with Crippen LogP contribution in [0.4, 0.5) is 0 Å². The average molecular weight is 238 g/mol. The van der Waals surface area contributed by atoms with Gasteiger partial charge in [-0.2, -0.15) is 0 Å². The molecule has 3 rings (SSSR count). The summed E-state index contributed by atoms with van der Waals surface area (Å²) in [6, 6.07) is 0. The van der Waals surface area contributed by atoms with Crippen LogP contribution in [0.15, 0.2) is 24.3 Å². The summed E-state index contributed by atoms with van der Waals surface area (Å²) in [4.78, 5) is 22.0. The van der Waals surface area contributed by atoms with Crippen molar-refractivity contribution < 1.29 is 24.2 Å². The Labute approximate surface area is 98.7 Å². The van der Waals surface area contributed by atoms with Crippen molar-refractivity contribution in [2.45, 2.75) is 31.0 Å². The molecule has 1 N–H and O–H groups in total. The second kappa shape index (κ2) is 4.00. The molecule has 0 amide bonds. The number of hydrogen-bond acceptors (Lipinski definition) is 5. The van der Waals surface area contributed by atoms with E-state index in [2.05, 4.69) is 0 Å². The molecule has 0 saturated heterocycles. The first-order valence-corrected chi connectivity index (χ1v) is 5.53. The van der Waals surface area contributed by atoms with Crippen molar-refractivity contribution in [3.63, 3.8) is 0 Å². The van der Waals surface area contributed by atoms with E-state index >= 15 is 0 Å². The Hall–Kier alpha value is -1.62. The van der Waals surface area contributed by atoms with Gasteiger partial charge in [-0.25, -0.2) is 9.59 Å². The number of ether oxygens (including phenoxy) is 2. The van der Waals surface area contributed by atoms with Crippen molar-refractivity contribution in [1.29, 1.82) is 0 Å². The van der Waals surface area contributed by atoms with Gasteiger partial charge in [-0.3, -0.25) is 0 Å². The van der Waals surface area contributed by atoms with Crippen molar-refractivity contribution >= 4 is 11.9 Å². The number of carbonyl (C=O) groups is 2. The highest BCUT2D eigenvalue weighted by atomic mass is 16.6. The lowest BCUT2D eigenvalue weighted by Gasteiger charge is -2.50. The van der Waals surface area contributed by atoms with Crippen LogP contribution in [0.5, 0.6) is 0 Å². The molecule has 2 atom stereocenters. The first kappa shape index (κ1) is 11.9. The predicted molar refractivity (Wildman–Crippen MR) is 57.9 cm³/mol. The number of esters is 2. The summed E-state index contributed by atoms with van der Waals surface area (Å²) in [5, 5.41) is 7.57. The number of aliphatic hydroxyl groups excluding tert-OH is 1. The maximum atomic E-state index is 11.0. The number of fused-ring (bicyclic) bond motifs is 1. The largest absolute Gasteiger partial charge is 0.447 e. The Balaban J connectivity index is 0.000000329. The lowest BCUT2D eigenvalue weighted by molar-refractivity contribution is -0.206. The highest BCUT2D eigenvalue weighted by Gasteiger charge is 2.65. The molecule has 92 valence electrons. The zero-order chi connectivity index (χ0) is 12.5. The lowest BCUT2D eigenvalue weighted by atomic mass is 9.65. The summed E-state index contributed by atoms with van der Waals surface area (Å²) in [5.41, 5.74) is -1.43. The Morgan fingerprint density at radius 3 is 1.65 bits per heavy atom. The zero-order valence-electron chi connectivity index (χ0n) is 9.51. The van der Waals surface area contributed by atoms with Gasteiger partial charge in [-0.05, 0) is 31.9 Å². The fourth-order valence-corrected chi connectivity index (χ4v) is 2.24. The summed E-state index contributed by atoms with van der Waals surface area (Å²) < 4.78 is 10.4. The van der Waals surface area contributed by atoms with E-state index in [-0.39, 0.29) is 18.5 Å². The smallest absolute Gasteiger partial charge is 0.331 e. The topological polar surface area (TPSA) is 72.8 Å². The molecule has 2 heterocycles. The third kappa shape index (κ3) is 1.67. The van der Waals surface area contributed by atoms with E-state index in [1.165, 1.54) is 12.2 Å². The monoisotopic (exact) mass is 238 g/mol. The zero-order valence-corrected chi connectivity index (χ0v) is 9.51. The van der Waals surface area contributed by atoms with Gasteiger partial charge in [-0.15, -0.1) is 0 Å². The van der Waals surface area contributed by atoms with E-state index in [4.69, 9.17) is 14.6 Å². The Morgan fingerprint density at radius 1 is 1.12 bits per heavy atom. The van der Waals surface area contributed by atoms with Crippen LogP contribution in [0.3, 0.4) is 0 Å². The molecule has 5 heteroatoms. The molecule has 0 aromatic heterocycles. The molecule has 2 unspecified atom stereocenters. The predicted octanol–water partition coefficient (Wildman–Crippen LogP) is 0.482. The first-order valence-electron chi connectivity index (χ1n) is 5.53. The van der Waals surface area contributed by atoms with Gasteiger partial charge in [0, 0.05) is 18.8 Å². The third-order valence-corrected chi connectivity index (χ3v) is 3.13. The molecule has 2 spiro atoms. The van der Waals surface area contributed by atoms with Crippen LogP contribution in [-0.2, 0) is 19.1 Å². The SMILES string of the molecule is CCO.O=C1C=CC2(CCC23C=CC(=O)O3)O1. The van der Waals surface area contributed by atoms with E-state index in [0.29, 0.717) is 12.8 Å². The van der Waals surface area contributed by atoms with Crippen LogP contribution in [0.2, 0.25) is 0 Å². The molecule has 0 radical (unpaired) electrons. The van der Waals surface area contributed by atoms with E-state index in [1.54, 1.807) is 19.1 Å². The molecule has 5 nitrogen and oxygen atoms in total. The van der Waals surface area contributed by atoms with Gasteiger partial charge in [0.05, 0.1) is 0 Å². The minimum Gasteiger partial charge on any atom is -0.447 e. The fraction of sp³-hybridized carbons (Fsp3) is 0.500. The van der Waals surface area contributed by atoms with Gasteiger partial charge in [0.1, 0.15) is 0 Å². The second-order valence-corrected chi connectivity index (χ2v) is 4.10. The lowest BCUT2D eigenvalue weighted by Crippen LogP contribution is -2.61. The first-order chi connectivity index (χ1) is 8.07. The Bertz CT molecular complexity index is 373. The normalized spacial score (nSPS) is 36.6. The molecule has 2 aliphatic heterocycles. The quantitative estimate of drug-likeness (QED) is 0.621. The molecule has 0 bridgehead atoms. The summed E-state index contributed by atoms with van der Waals surface area (Å²) in [6.07, 6.45) is 7.60. The Morgan fingerprint density at radius 2 is 1.47 bits per heavy atom. The van der Waals surface area contributed by atoms with Crippen LogP contribution in [-0.4, -0.2) is 34.9 Å². The minimum atomic E-state index is -0.716. The van der Waals surface area contributed by atoms with Gasteiger partial charge in [-0.1, -0.05) is 0 Å². The highest BCUT2D eigenvalue weighted by molar-refractivity contribution is 5.89. The number of rotatable bonds is 0. The van der Waals surface area contributed by atoms with E-state index < -0.39 is 11.2 Å². The highest BCUT2D eigenvalue weighted by Crippen LogP contribution is 2.53. The van der Waals surface area contributed by atoms with Gasteiger partial charge in [0.2, 0.25) is 0 Å². The van der Waals surface area contributed by atoms with Crippen molar-refractivity contribution in [1.82, 2.24) is 0 Å². The van der Waals surface area contributed by atoms with Crippen molar-refractivity contribution in [3.05, 3.63) is 24.3 Å². The molecule has 0 aromatic carbocycles. The van der Waals surface area contributed by atoms with Gasteiger partial charge >= 0.3 is 11.9 Å². The van der Waals surface area contributed by atoms with Crippen molar-refractivity contribution in [2.24, 2.45) is 0 Å². The molecule has 1 saturated carbocycles. The summed E-state index contributed by atoms with van der Waals surface area (Å²) in [5.74, 6) is -0.721. The van der Waals surface area contributed by atoms with Gasteiger partial charge in [0.15, 0.2) is 11.2 Å². The van der Waals surface area contributed by atoms with Crippen LogP contribution in [0.1, 0.15) is 19.8 Å². The second-order valence-electron chi connectivity index (χ2n) is 4.10. The van der Waals surface area contributed by atoms with Gasteiger partial charge in [0.25, 0.3) is 0 Å². The number of carbonyl (C=O) groups excluding carboxylic acids is 2. The van der Waals surface area contributed by atoms with Crippen LogP contribution in [0.25, 0.3) is 0 Å². The van der Waals surface area contributed by atoms with Crippen molar-refractivity contribution in [2.75, 3.05) is 6.61 Å². The number of hydrogen-bond donors (Lipinski definition) is 1. The third-order valence-electron chi connectivity index (χ3n) is 3.13. The molecule has 1 aliphatic carbocycles. The van der Waals surface area contributed by atoms with Crippen LogP contribution in [0, 0.1) is 0 Å². The molecular formula is C12H14O5. The van der Waals surface area contributed by atoms with Crippen LogP contribution < -0.4 is 0 Å². The molecule has 3 aliphatic rings. The van der Waals surface area contributed by atoms with Crippen LogP contribution >= 0.6 is 0 Å². The van der Waals surface area contributed by atoms with E-state index in [0.717, 1.165) is 0 Å². The summed E-state index contributed by atoms with van der Waals surface area (Å²) in [7, 11) is 0. The van der Waals surface area contributed by atoms with E-state index in [9.17, 15) is 9.59 Å². The molecule has 0 aromatic rings. The standard InChI is InChI=1S/C10H8O4.C2H6O/c11-7-1-3-9(13-7)5-6-10(9)4-2-8(12)14-10;1-2-3/h1-4H,5-6H2;3H,2H2,1H3. The summed E-state index contributed by atoms with van der Waals surface area (Å²) >= 11 is 0. The maximum Gasteiger partial charge on any atom is 0.331 e. The van der Waals surface area contributed by atoms with Gasteiger partial charge < -0.3 is 14.6 Å². The van der Waals surface area contributed by atoms with E-state index in [1.807, 2.05) is 0 Å². The molecule has 1 fully saturated rings. The van der Waals surface area contributed by atoms with Crippen molar-refractivity contribution in [3.8, 4) is 0 Å². The maximum absolute atomic E-state index is 11.0. The average Bonchev–Trinajstić information content (AvgIpc) is 2.85. The number of aliphatic hydroxyl groups is 1.